The van der Waals surface area contributed by atoms with E-state index in [9.17, 15) is 14.0 Å². The quantitative estimate of drug-likeness (QED) is 0.569. The summed E-state index contributed by atoms with van der Waals surface area (Å²) in [6.07, 6.45) is 0. The average Bonchev–Trinajstić information content (AvgIpc) is 2.70. The fourth-order valence-electron chi connectivity index (χ4n) is 2.52. The van der Waals surface area contributed by atoms with Crippen molar-refractivity contribution in [2.75, 3.05) is 5.32 Å². The summed E-state index contributed by atoms with van der Waals surface area (Å²) in [6.45, 7) is 1.59. The molecule has 3 rings (SSSR count). The lowest BCUT2D eigenvalue weighted by Crippen LogP contribution is -2.32. The number of amides is 2. The molecule has 5 N–H and O–H groups in total. The number of nitrogens with one attached hydrogen (secondary N) is 1. The van der Waals surface area contributed by atoms with Gasteiger partial charge in [0.2, 0.25) is 11.8 Å². The predicted molar refractivity (Wildman–Crippen MR) is 107 cm³/mol. The van der Waals surface area contributed by atoms with Gasteiger partial charge in [-0.2, -0.15) is 0 Å². The van der Waals surface area contributed by atoms with Crippen LogP contribution in [0.5, 0.6) is 11.5 Å². The summed E-state index contributed by atoms with van der Waals surface area (Å²) in [5.74, 6) is -0.177. The van der Waals surface area contributed by atoms with E-state index in [0.29, 0.717) is 28.6 Å². The molecule has 0 bridgehead atoms. The van der Waals surface area contributed by atoms with E-state index in [1.165, 1.54) is 30.3 Å². The van der Waals surface area contributed by atoms with Gasteiger partial charge in [-0.3, -0.25) is 9.59 Å². The molecule has 1 atom stereocenters. The maximum atomic E-state index is 13.0. The van der Waals surface area contributed by atoms with Gasteiger partial charge in [0.25, 0.3) is 0 Å². The van der Waals surface area contributed by atoms with Crippen LogP contribution in [0.4, 0.5) is 10.2 Å². The third-order valence-electron chi connectivity index (χ3n) is 4.10. The Morgan fingerprint density at radius 1 is 1.00 bits per heavy atom. The van der Waals surface area contributed by atoms with Gasteiger partial charge in [-0.1, -0.05) is 0 Å². The Bertz CT molecular complexity index is 1040. The first-order chi connectivity index (χ1) is 13.8. The Morgan fingerprint density at radius 2 is 1.59 bits per heavy atom. The van der Waals surface area contributed by atoms with E-state index in [1.807, 2.05) is 0 Å². The number of rotatable bonds is 7. The van der Waals surface area contributed by atoms with Crippen molar-refractivity contribution in [1.29, 1.82) is 0 Å². The highest BCUT2D eigenvalue weighted by Crippen LogP contribution is 2.26. The van der Waals surface area contributed by atoms with Crippen molar-refractivity contribution in [3.63, 3.8) is 0 Å². The number of primary amides is 2. The van der Waals surface area contributed by atoms with Gasteiger partial charge in [-0.05, 0) is 67.6 Å². The van der Waals surface area contributed by atoms with Crippen molar-refractivity contribution in [2.24, 2.45) is 11.5 Å². The van der Waals surface area contributed by atoms with Gasteiger partial charge in [0.1, 0.15) is 29.2 Å². The van der Waals surface area contributed by atoms with Crippen molar-refractivity contribution >= 4 is 17.6 Å². The second kappa shape index (κ2) is 8.39. The van der Waals surface area contributed by atoms with Crippen LogP contribution in [0.3, 0.4) is 0 Å². The molecule has 0 fully saturated rings. The first-order valence-corrected chi connectivity index (χ1v) is 8.73. The van der Waals surface area contributed by atoms with Crippen LogP contribution in [-0.2, 0) is 4.79 Å². The molecule has 1 heterocycles. The molecule has 1 unspecified atom stereocenters. The minimum absolute atomic E-state index is 0.237. The van der Waals surface area contributed by atoms with Crippen LogP contribution in [0.1, 0.15) is 17.3 Å². The molecule has 0 radical (unpaired) electrons. The lowest BCUT2D eigenvalue weighted by Gasteiger charge is -2.13. The predicted octanol–water partition coefficient (Wildman–Crippen LogP) is 3.06. The fourth-order valence-corrected chi connectivity index (χ4v) is 2.52. The SMILES string of the molecule is CC(Nc1cc(C(N)=O)cc(-c2ccc(Oc3ccc(F)cc3)cc2)n1)C(N)=O. The Balaban J connectivity index is 1.86. The molecular weight excluding hydrogens is 375 g/mol. The highest BCUT2D eigenvalue weighted by atomic mass is 19.1. The van der Waals surface area contributed by atoms with Crippen LogP contribution in [-0.4, -0.2) is 22.8 Å². The Labute approximate surface area is 166 Å². The number of aromatic nitrogens is 1. The maximum Gasteiger partial charge on any atom is 0.248 e. The Kier molecular flexibility index (Phi) is 5.73. The highest BCUT2D eigenvalue weighted by molar-refractivity contribution is 5.95. The molecule has 148 valence electrons. The zero-order valence-electron chi connectivity index (χ0n) is 15.6. The van der Waals surface area contributed by atoms with Crippen LogP contribution >= 0.6 is 0 Å². The number of nitrogens with zero attached hydrogens (tertiary/aromatic N) is 1. The van der Waals surface area contributed by atoms with Crippen LogP contribution < -0.4 is 21.5 Å². The number of hydrogen-bond donors (Lipinski definition) is 3. The zero-order valence-corrected chi connectivity index (χ0v) is 15.6. The van der Waals surface area contributed by atoms with E-state index in [1.54, 1.807) is 37.3 Å². The van der Waals surface area contributed by atoms with Crippen molar-refractivity contribution in [3.8, 4) is 22.8 Å². The summed E-state index contributed by atoms with van der Waals surface area (Å²) < 4.78 is 18.6. The molecule has 29 heavy (non-hydrogen) atoms. The lowest BCUT2D eigenvalue weighted by atomic mass is 10.1. The highest BCUT2D eigenvalue weighted by Gasteiger charge is 2.13. The number of pyridine rings is 1. The molecule has 2 aromatic carbocycles. The van der Waals surface area contributed by atoms with Gasteiger partial charge in [0, 0.05) is 11.1 Å². The second-order valence-corrected chi connectivity index (χ2v) is 6.34. The summed E-state index contributed by atoms with van der Waals surface area (Å²) in [7, 11) is 0. The van der Waals surface area contributed by atoms with Gasteiger partial charge in [-0.15, -0.1) is 0 Å². The van der Waals surface area contributed by atoms with E-state index >= 15 is 0 Å². The second-order valence-electron chi connectivity index (χ2n) is 6.34. The van der Waals surface area contributed by atoms with E-state index in [-0.39, 0.29) is 11.4 Å². The average molecular weight is 394 g/mol. The number of carbonyl (C=O) groups is 2. The number of ether oxygens (including phenoxy) is 1. The minimum atomic E-state index is -0.676. The number of hydrogen-bond acceptors (Lipinski definition) is 5. The summed E-state index contributed by atoms with van der Waals surface area (Å²) in [5, 5.41) is 2.85. The summed E-state index contributed by atoms with van der Waals surface area (Å²) in [6, 6.07) is 15.0. The van der Waals surface area contributed by atoms with E-state index < -0.39 is 17.9 Å². The normalized spacial score (nSPS) is 11.5. The molecule has 0 aliphatic rings. The molecule has 7 nitrogen and oxygen atoms in total. The number of nitrogens with two attached hydrogens (primary N) is 2. The van der Waals surface area contributed by atoms with E-state index in [2.05, 4.69) is 10.3 Å². The largest absolute Gasteiger partial charge is 0.457 e. The monoisotopic (exact) mass is 394 g/mol. The summed E-state index contributed by atoms with van der Waals surface area (Å²) >= 11 is 0. The van der Waals surface area contributed by atoms with Crippen LogP contribution in [0.2, 0.25) is 0 Å². The van der Waals surface area contributed by atoms with Crippen LogP contribution in [0.25, 0.3) is 11.3 Å². The molecule has 2 amide bonds. The third-order valence-corrected chi connectivity index (χ3v) is 4.10. The van der Waals surface area contributed by atoms with Gasteiger partial charge < -0.3 is 21.5 Å². The molecule has 0 aliphatic heterocycles. The van der Waals surface area contributed by atoms with Crippen LogP contribution in [0, 0.1) is 5.82 Å². The standard InChI is InChI=1S/C21H19FN4O3/c1-12(20(23)27)25-19-11-14(21(24)28)10-18(26-19)13-2-6-16(7-3-13)29-17-8-4-15(22)5-9-17/h2-12H,1H3,(H2,23,27)(H2,24,28)(H,25,26). The van der Waals surface area contributed by atoms with Crippen LogP contribution in [0.15, 0.2) is 60.7 Å². The van der Waals surface area contributed by atoms with Gasteiger partial charge in [0.05, 0.1) is 5.69 Å². The topological polar surface area (TPSA) is 120 Å². The van der Waals surface area contributed by atoms with E-state index in [4.69, 9.17) is 16.2 Å². The summed E-state index contributed by atoms with van der Waals surface area (Å²) in [5.41, 5.74) is 12.1. The molecule has 1 aromatic heterocycles. The first kappa shape index (κ1) is 19.8. The van der Waals surface area contributed by atoms with Crippen molar-refractivity contribution in [1.82, 2.24) is 4.98 Å². The Hall–Kier alpha value is -3.94. The van der Waals surface area contributed by atoms with Crippen molar-refractivity contribution < 1.29 is 18.7 Å². The number of benzene rings is 2. The number of anilines is 1. The maximum absolute atomic E-state index is 13.0. The van der Waals surface area contributed by atoms with E-state index in [0.717, 1.165) is 0 Å². The lowest BCUT2D eigenvalue weighted by molar-refractivity contribution is -0.118. The van der Waals surface area contributed by atoms with Gasteiger partial charge in [0.15, 0.2) is 0 Å². The molecule has 0 spiro atoms. The fraction of sp³-hybridized carbons (Fsp3) is 0.0952. The van der Waals surface area contributed by atoms with Gasteiger partial charge >= 0.3 is 0 Å². The molecular formula is C21H19FN4O3. The number of carbonyl (C=O) groups excluding carboxylic acids is 2. The van der Waals surface area contributed by atoms with Gasteiger partial charge in [-0.25, -0.2) is 9.37 Å². The number of halogens is 1. The molecule has 0 aliphatic carbocycles. The minimum Gasteiger partial charge on any atom is -0.457 e. The molecule has 0 saturated heterocycles. The smallest absolute Gasteiger partial charge is 0.248 e. The van der Waals surface area contributed by atoms with Crippen molar-refractivity contribution in [2.45, 2.75) is 13.0 Å². The van der Waals surface area contributed by atoms with Crippen molar-refractivity contribution in [3.05, 3.63) is 72.0 Å². The molecule has 8 heteroatoms. The molecule has 3 aromatic rings. The first-order valence-electron chi connectivity index (χ1n) is 8.73. The Morgan fingerprint density at radius 3 is 2.14 bits per heavy atom. The zero-order chi connectivity index (χ0) is 21.0. The summed E-state index contributed by atoms with van der Waals surface area (Å²) in [4.78, 5) is 27.4. The molecule has 0 saturated carbocycles. The third kappa shape index (κ3) is 5.07.